The molecule has 168 valence electrons. The second-order valence-corrected chi connectivity index (χ2v) is 8.23. The highest BCUT2D eigenvalue weighted by molar-refractivity contribution is 5.99. The summed E-state index contributed by atoms with van der Waals surface area (Å²) in [7, 11) is 0. The molecule has 0 unspecified atom stereocenters. The van der Waals surface area contributed by atoms with Crippen LogP contribution in [0.25, 0.3) is 11.1 Å². The highest BCUT2D eigenvalue weighted by atomic mass is 16.5. The zero-order chi connectivity index (χ0) is 23.3. The first-order chi connectivity index (χ1) is 16.0. The van der Waals surface area contributed by atoms with Gasteiger partial charge in [-0.25, -0.2) is 0 Å². The molecule has 1 saturated carbocycles. The number of nitrogens with one attached hydrogen (secondary N) is 1. The van der Waals surface area contributed by atoms with Crippen molar-refractivity contribution in [3.63, 3.8) is 0 Å². The molecular formula is C25H25N5O3. The molecule has 0 atom stereocenters. The van der Waals surface area contributed by atoms with Crippen LogP contribution in [0.1, 0.15) is 42.5 Å². The summed E-state index contributed by atoms with van der Waals surface area (Å²) in [5, 5.41) is 16.2. The van der Waals surface area contributed by atoms with Gasteiger partial charge >= 0.3 is 0 Å². The van der Waals surface area contributed by atoms with E-state index in [4.69, 9.17) is 10.5 Å². The number of anilines is 1. The number of benzene rings is 2. The van der Waals surface area contributed by atoms with Crippen LogP contribution >= 0.6 is 0 Å². The third kappa shape index (κ3) is 4.72. The van der Waals surface area contributed by atoms with Crippen LogP contribution in [0, 0.1) is 11.3 Å². The fourth-order valence-corrected chi connectivity index (χ4v) is 4.39. The van der Waals surface area contributed by atoms with Gasteiger partial charge in [0.1, 0.15) is 11.3 Å². The number of ether oxygens (including phenoxy) is 1. The van der Waals surface area contributed by atoms with Crippen LogP contribution in [0.3, 0.4) is 0 Å². The second-order valence-electron chi connectivity index (χ2n) is 8.23. The number of nitriles is 1. The molecule has 3 aromatic rings. The molecule has 0 spiro atoms. The number of amides is 2. The van der Waals surface area contributed by atoms with Crippen molar-refractivity contribution >= 4 is 18.1 Å². The van der Waals surface area contributed by atoms with Gasteiger partial charge in [-0.05, 0) is 48.9 Å². The molecule has 0 saturated heterocycles. The third-order valence-electron chi connectivity index (χ3n) is 6.20. The van der Waals surface area contributed by atoms with Gasteiger partial charge in [-0.3, -0.25) is 14.3 Å². The van der Waals surface area contributed by atoms with E-state index in [0.29, 0.717) is 19.3 Å². The number of primary amides is 1. The number of carbonyl (C=O) groups excluding carboxylic acids is 2. The molecule has 0 radical (unpaired) electrons. The molecule has 3 N–H and O–H groups in total. The minimum absolute atomic E-state index is 0.0122. The summed E-state index contributed by atoms with van der Waals surface area (Å²) in [4.78, 5) is 22.6. The van der Waals surface area contributed by atoms with E-state index in [0.717, 1.165) is 29.7 Å². The summed E-state index contributed by atoms with van der Waals surface area (Å²) in [5.41, 5.74) is 7.25. The number of hydrogen-bond acceptors (Lipinski definition) is 5. The molecule has 1 aliphatic carbocycles. The Kier molecular flexibility index (Phi) is 6.41. The van der Waals surface area contributed by atoms with Gasteiger partial charge in [0.15, 0.2) is 5.82 Å². The van der Waals surface area contributed by atoms with Crippen molar-refractivity contribution in [2.24, 2.45) is 5.73 Å². The van der Waals surface area contributed by atoms with Gasteiger partial charge in [-0.15, -0.1) is 0 Å². The van der Waals surface area contributed by atoms with Crippen molar-refractivity contribution in [1.29, 1.82) is 5.26 Å². The maximum atomic E-state index is 11.8. The van der Waals surface area contributed by atoms with Crippen LogP contribution in [-0.4, -0.2) is 28.2 Å². The molecule has 8 nitrogen and oxygen atoms in total. The van der Waals surface area contributed by atoms with E-state index in [1.807, 2.05) is 42.5 Å². The SMILES string of the molecule is N#CCC1(n2cc(C(N)=O)c(NC=O)n2)CCC(Oc2ccc(-c3ccccc3)cc2)CC1. The lowest BCUT2D eigenvalue weighted by molar-refractivity contribution is -0.105. The highest BCUT2D eigenvalue weighted by Gasteiger charge is 2.39. The topological polar surface area (TPSA) is 123 Å². The van der Waals surface area contributed by atoms with Gasteiger partial charge < -0.3 is 15.8 Å². The fourth-order valence-electron chi connectivity index (χ4n) is 4.39. The average Bonchev–Trinajstić information content (AvgIpc) is 3.27. The number of nitrogens with zero attached hydrogens (tertiary/aromatic N) is 3. The number of hydrogen-bond donors (Lipinski definition) is 2. The first-order valence-electron chi connectivity index (χ1n) is 10.8. The Morgan fingerprint density at radius 2 is 1.85 bits per heavy atom. The van der Waals surface area contributed by atoms with Crippen LogP contribution in [0.5, 0.6) is 5.75 Å². The third-order valence-corrected chi connectivity index (χ3v) is 6.20. The summed E-state index contributed by atoms with van der Waals surface area (Å²) in [6.07, 6.45) is 4.96. The van der Waals surface area contributed by atoms with E-state index in [-0.39, 0.29) is 23.9 Å². The number of carbonyl (C=O) groups is 2. The Balaban J connectivity index is 1.46. The first kappa shape index (κ1) is 22.1. The van der Waals surface area contributed by atoms with Crippen LogP contribution in [0.2, 0.25) is 0 Å². The van der Waals surface area contributed by atoms with E-state index in [1.54, 1.807) is 4.68 Å². The number of nitrogens with two attached hydrogens (primary N) is 1. The molecule has 1 aromatic heterocycles. The summed E-state index contributed by atoms with van der Waals surface area (Å²) in [5.74, 6) is 0.223. The molecule has 2 amide bonds. The van der Waals surface area contributed by atoms with E-state index in [1.165, 1.54) is 6.20 Å². The van der Waals surface area contributed by atoms with E-state index in [9.17, 15) is 14.9 Å². The molecule has 0 aliphatic heterocycles. The van der Waals surface area contributed by atoms with Gasteiger partial charge in [0.25, 0.3) is 5.91 Å². The lowest BCUT2D eigenvalue weighted by Crippen LogP contribution is -2.40. The number of aromatic nitrogens is 2. The summed E-state index contributed by atoms with van der Waals surface area (Å²) in [6.45, 7) is 0. The molecule has 0 bridgehead atoms. The highest BCUT2D eigenvalue weighted by Crippen LogP contribution is 2.39. The van der Waals surface area contributed by atoms with E-state index >= 15 is 0 Å². The predicted octanol–water partition coefficient (Wildman–Crippen LogP) is 3.85. The van der Waals surface area contributed by atoms with Crippen LogP contribution in [-0.2, 0) is 10.3 Å². The van der Waals surface area contributed by atoms with Crippen molar-refractivity contribution in [3.05, 3.63) is 66.4 Å². The summed E-state index contributed by atoms with van der Waals surface area (Å²) >= 11 is 0. The molecule has 1 aliphatic rings. The fraction of sp³-hybridized carbons (Fsp3) is 0.280. The largest absolute Gasteiger partial charge is 0.490 e. The molecule has 1 fully saturated rings. The van der Waals surface area contributed by atoms with E-state index < -0.39 is 11.4 Å². The Labute approximate surface area is 192 Å². The monoisotopic (exact) mass is 443 g/mol. The van der Waals surface area contributed by atoms with Crippen molar-refractivity contribution in [3.8, 4) is 22.9 Å². The predicted molar refractivity (Wildman–Crippen MR) is 123 cm³/mol. The normalized spacial score (nSPS) is 19.9. The zero-order valence-corrected chi connectivity index (χ0v) is 18.1. The average molecular weight is 444 g/mol. The maximum absolute atomic E-state index is 11.8. The maximum Gasteiger partial charge on any atom is 0.254 e. The van der Waals surface area contributed by atoms with Crippen LogP contribution in [0.15, 0.2) is 60.8 Å². The second kappa shape index (κ2) is 9.57. The summed E-state index contributed by atoms with van der Waals surface area (Å²) in [6, 6.07) is 20.4. The molecule has 8 heteroatoms. The Morgan fingerprint density at radius 3 is 2.45 bits per heavy atom. The zero-order valence-electron chi connectivity index (χ0n) is 18.1. The van der Waals surface area contributed by atoms with Crippen molar-refractivity contribution in [1.82, 2.24) is 9.78 Å². The lowest BCUT2D eigenvalue weighted by atomic mass is 9.78. The smallest absolute Gasteiger partial charge is 0.254 e. The van der Waals surface area contributed by atoms with Crippen molar-refractivity contribution in [2.45, 2.75) is 43.7 Å². The standard InChI is InChI=1S/C25H25N5O3/c26-15-14-25(30-16-22(23(27)32)24(29-30)28-17-31)12-10-21(11-13-25)33-20-8-6-19(7-9-20)18-4-2-1-3-5-18/h1-9,16-17,21H,10-14H2,(H2,27,32)(H,28,29,31). The first-order valence-corrected chi connectivity index (χ1v) is 10.8. The van der Waals surface area contributed by atoms with Gasteiger partial charge in [-0.2, -0.15) is 10.4 Å². The van der Waals surface area contributed by atoms with Crippen molar-refractivity contribution in [2.75, 3.05) is 5.32 Å². The molecule has 33 heavy (non-hydrogen) atoms. The van der Waals surface area contributed by atoms with Crippen LogP contribution in [0.4, 0.5) is 5.82 Å². The minimum atomic E-state index is -0.686. The Morgan fingerprint density at radius 1 is 1.18 bits per heavy atom. The molecule has 1 heterocycles. The quantitative estimate of drug-likeness (QED) is 0.512. The summed E-state index contributed by atoms with van der Waals surface area (Å²) < 4.78 is 7.83. The molecular weight excluding hydrogens is 418 g/mol. The van der Waals surface area contributed by atoms with Gasteiger partial charge in [0.05, 0.1) is 24.1 Å². The van der Waals surface area contributed by atoms with Crippen molar-refractivity contribution < 1.29 is 14.3 Å². The van der Waals surface area contributed by atoms with Gasteiger partial charge in [-0.1, -0.05) is 42.5 Å². The minimum Gasteiger partial charge on any atom is -0.490 e. The molecule has 4 rings (SSSR count). The van der Waals surface area contributed by atoms with E-state index in [2.05, 4.69) is 28.6 Å². The Bertz CT molecular complexity index is 1160. The lowest BCUT2D eigenvalue weighted by Gasteiger charge is -2.39. The van der Waals surface area contributed by atoms with Crippen LogP contribution < -0.4 is 15.8 Å². The van der Waals surface area contributed by atoms with Gasteiger partial charge in [0.2, 0.25) is 6.41 Å². The Hall–Kier alpha value is -4.12. The number of rotatable bonds is 8. The molecule has 2 aromatic carbocycles. The van der Waals surface area contributed by atoms with Gasteiger partial charge in [0, 0.05) is 6.20 Å².